The predicted octanol–water partition coefficient (Wildman–Crippen LogP) is 3.04. The second-order valence-electron chi connectivity index (χ2n) is 6.25. The first-order valence-corrected chi connectivity index (χ1v) is 9.35. The van der Waals surface area contributed by atoms with Gasteiger partial charge in [-0.3, -0.25) is 9.59 Å². The third-order valence-corrected chi connectivity index (χ3v) is 4.29. The first-order valence-electron chi connectivity index (χ1n) is 8.97. The number of nitrogens with one attached hydrogen (secondary N) is 1. The fourth-order valence-corrected chi connectivity index (χ4v) is 2.78. The first-order chi connectivity index (χ1) is 15.5. The van der Waals surface area contributed by atoms with E-state index in [4.69, 9.17) is 36.3 Å². The molecule has 0 saturated heterocycles. The van der Waals surface area contributed by atoms with Gasteiger partial charge in [-0.15, -0.1) is 0 Å². The molecule has 0 fully saturated rings. The Morgan fingerprint density at radius 1 is 1.06 bits per heavy atom. The molecule has 0 aromatic heterocycles. The van der Waals surface area contributed by atoms with Gasteiger partial charge in [-0.2, -0.15) is 13.2 Å². The minimum atomic E-state index is -4.77. The van der Waals surface area contributed by atoms with Crippen LogP contribution in [0.25, 0.3) is 0 Å². The van der Waals surface area contributed by atoms with Crippen LogP contribution >= 0.6 is 11.6 Å². The lowest BCUT2D eigenvalue weighted by atomic mass is 10.1. The summed E-state index contributed by atoms with van der Waals surface area (Å²) in [4.78, 5) is 35.4. The summed E-state index contributed by atoms with van der Waals surface area (Å²) in [6.45, 7) is -1.40. The number of rotatable bonds is 9. The number of para-hydroxylation sites is 1. The zero-order valence-corrected chi connectivity index (χ0v) is 18.0. The van der Waals surface area contributed by atoms with Crippen molar-refractivity contribution >= 4 is 35.1 Å². The van der Waals surface area contributed by atoms with E-state index in [1.54, 1.807) is 0 Å². The van der Waals surface area contributed by atoms with Gasteiger partial charge in [-0.1, -0.05) is 17.7 Å². The van der Waals surface area contributed by atoms with Gasteiger partial charge in [0.1, 0.15) is 0 Å². The maximum absolute atomic E-state index is 13.1. The quantitative estimate of drug-likeness (QED) is 0.517. The highest BCUT2D eigenvalue weighted by molar-refractivity contribution is 6.34. The van der Waals surface area contributed by atoms with Crippen molar-refractivity contribution in [1.82, 2.24) is 0 Å². The number of ether oxygens (including phenoxy) is 4. The number of carbonyl (C=O) groups excluding carboxylic acids is 3. The van der Waals surface area contributed by atoms with Crippen molar-refractivity contribution in [2.24, 2.45) is 5.73 Å². The standard InChI is InChI=1S/C20H18ClF3N2O7/c1-30-13-6-10(7-14(31-2)18(13)32-8-15(25)27)19(29)33-9-16(28)26-17-11(20(22,23)24)4-3-5-12(17)21/h3-7H,8-9H2,1-2H3,(H2,25,27)(H,26,28). The van der Waals surface area contributed by atoms with Gasteiger partial charge in [0, 0.05) is 0 Å². The lowest BCUT2D eigenvalue weighted by Crippen LogP contribution is -2.23. The number of methoxy groups -OCH3 is 2. The Hall–Kier alpha value is -3.67. The van der Waals surface area contributed by atoms with Crippen molar-refractivity contribution in [2.45, 2.75) is 6.18 Å². The van der Waals surface area contributed by atoms with Gasteiger partial charge >= 0.3 is 12.1 Å². The van der Waals surface area contributed by atoms with Crippen LogP contribution in [-0.2, 0) is 20.5 Å². The smallest absolute Gasteiger partial charge is 0.418 e. The molecule has 2 rings (SSSR count). The summed E-state index contributed by atoms with van der Waals surface area (Å²) < 4.78 is 59.7. The molecule has 0 unspecified atom stereocenters. The molecule has 2 aromatic carbocycles. The van der Waals surface area contributed by atoms with E-state index in [2.05, 4.69) is 0 Å². The SMILES string of the molecule is COc1cc(C(=O)OCC(=O)Nc2c(Cl)cccc2C(F)(F)F)cc(OC)c1OCC(N)=O. The van der Waals surface area contributed by atoms with Crippen molar-refractivity contribution in [2.75, 3.05) is 32.8 Å². The highest BCUT2D eigenvalue weighted by Gasteiger charge is 2.35. The minimum absolute atomic E-state index is 0.00196. The lowest BCUT2D eigenvalue weighted by molar-refractivity contribution is -0.137. The number of hydrogen-bond donors (Lipinski definition) is 2. The fourth-order valence-electron chi connectivity index (χ4n) is 2.56. The highest BCUT2D eigenvalue weighted by Crippen LogP contribution is 2.39. The number of carbonyl (C=O) groups is 3. The number of nitrogens with two attached hydrogens (primary N) is 1. The van der Waals surface area contributed by atoms with E-state index >= 15 is 0 Å². The van der Waals surface area contributed by atoms with Crippen LogP contribution in [0.15, 0.2) is 30.3 Å². The van der Waals surface area contributed by atoms with E-state index in [9.17, 15) is 27.6 Å². The molecular formula is C20H18ClF3N2O7. The predicted molar refractivity (Wildman–Crippen MR) is 110 cm³/mol. The maximum Gasteiger partial charge on any atom is 0.418 e. The number of anilines is 1. The Morgan fingerprint density at radius 3 is 2.18 bits per heavy atom. The number of alkyl halides is 3. The summed E-state index contributed by atoms with van der Waals surface area (Å²) in [7, 11) is 2.52. The summed E-state index contributed by atoms with van der Waals surface area (Å²) in [6.07, 6.45) is -4.77. The summed E-state index contributed by atoms with van der Waals surface area (Å²) in [5, 5.41) is 1.65. The number of primary amides is 1. The Kier molecular flexibility index (Phi) is 8.35. The van der Waals surface area contributed by atoms with Crippen LogP contribution in [-0.4, -0.2) is 45.2 Å². The topological polar surface area (TPSA) is 126 Å². The number of halogens is 4. The molecular weight excluding hydrogens is 473 g/mol. The van der Waals surface area contributed by atoms with Crippen LogP contribution in [0.4, 0.5) is 18.9 Å². The summed E-state index contributed by atoms with van der Waals surface area (Å²) in [5.41, 5.74) is 3.09. The normalized spacial score (nSPS) is 10.8. The Labute approximate surface area is 190 Å². The van der Waals surface area contributed by atoms with E-state index < -0.39 is 48.4 Å². The van der Waals surface area contributed by atoms with E-state index in [-0.39, 0.29) is 27.8 Å². The molecule has 9 nitrogen and oxygen atoms in total. The van der Waals surface area contributed by atoms with Crippen LogP contribution in [0.3, 0.4) is 0 Å². The maximum atomic E-state index is 13.1. The number of amides is 2. The van der Waals surface area contributed by atoms with Crippen molar-refractivity contribution in [1.29, 1.82) is 0 Å². The zero-order chi connectivity index (χ0) is 24.8. The van der Waals surface area contributed by atoms with Crippen molar-refractivity contribution < 1.29 is 46.5 Å². The van der Waals surface area contributed by atoms with Crippen molar-refractivity contribution in [3.63, 3.8) is 0 Å². The highest BCUT2D eigenvalue weighted by atomic mass is 35.5. The molecule has 0 atom stereocenters. The van der Waals surface area contributed by atoms with Crippen LogP contribution in [0.1, 0.15) is 15.9 Å². The van der Waals surface area contributed by atoms with Gasteiger partial charge in [-0.25, -0.2) is 4.79 Å². The first kappa shape index (κ1) is 25.6. The molecule has 0 aliphatic carbocycles. The third-order valence-electron chi connectivity index (χ3n) is 3.97. The zero-order valence-electron chi connectivity index (χ0n) is 17.2. The minimum Gasteiger partial charge on any atom is -0.493 e. The molecule has 0 spiro atoms. The second-order valence-corrected chi connectivity index (χ2v) is 6.66. The molecule has 0 saturated carbocycles. The van der Waals surface area contributed by atoms with Crippen molar-refractivity contribution in [3.8, 4) is 17.2 Å². The second kappa shape index (κ2) is 10.8. The molecule has 33 heavy (non-hydrogen) atoms. The van der Waals surface area contributed by atoms with Gasteiger partial charge in [0.05, 0.1) is 36.1 Å². The number of esters is 1. The van der Waals surface area contributed by atoms with Gasteiger partial charge in [0.2, 0.25) is 5.75 Å². The van der Waals surface area contributed by atoms with Crippen LogP contribution in [0.5, 0.6) is 17.2 Å². The molecule has 0 aliphatic heterocycles. The molecule has 0 heterocycles. The van der Waals surface area contributed by atoms with Crippen molar-refractivity contribution in [3.05, 3.63) is 46.5 Å². The molecule has 0 radical (unpaired) electrons. The van der Waals surface area contributed by atoms with Crippen LogP contribution in [0.2, 0.25) is 5.02 Å². The summed E-state index contributed by atoms with van der Waals surface area (Å²) in [6, 6.07) is 5.37. The number of hydrogen-bond acceptors (Lipinski definition) is 7. The molecule has 2 aromatic rings. The summed E-state index contributed by atoms with van der Waals surface area (Å²) in [5.74, 6) is -2.84. The van der Waals surface area contributed by atoms with E-state index in [1.807, 2.05) is 5.32 Å². The van der Waals surface area contributed by atoms with Crippen LogP contribution < -0.4 is 25.3 Å². The third kappa shape index (κ3) is 6.65. The van der Waals surface area contributed by atoms with Gasteiger partial charge in [0.25, 0.3) is 11.8 Å². The lowest BCUT2D eigenvalue weighted by Gasteiger charge is -2.16. The largest absolute Gasteiger partial charge is 0.493 e. The van der Waals surface area contributed by atoms with E-state index in [0.29, 0.717) is 0 Å². The summed E-state index contributed by atoms with van der Waals surface area (Å²) >= 11 is 5.77. The van der Waals surface area contributed by atoms with E-state index in [1.165, 1.54) is 32.4 Å². The average Bonchev–Trinajstić information content (AvgIpc) is 2.75. The monoisotopic (exact) mass is 490 g/mol. The Bertz CT molecular complexity index is 1040. The number of benzene rings is 2. The molecule has 178 valence electrons. The Balaban J connectivity index is 2.15. The Morgan fingerprint density at radius 2 is 1.67 bits per heavy atom. The molecule has 2 amide bonds. The van der Waals surface area contributed by atoms with Crippen LogP contribution in [0, 0.1) is 0 Å². The van der Waals surface area contributed by atoms with Gasteiger partial charge in [0.15, 0.2) is 24.7 Å². The van der Waals surface area contributed by atoms with Gasteiger partial charge < -0.3 is 30.0 Å². The molecule has 0 aliphatic rings. The fraction of sp³-hybridized carbons (Fsp3) is 0.250. The molecule has 13 heteroatoms. The van der Waals surface area contributed by atoms with E-state index in [0.717, 1.165) is 12.1 Å². The molecule has 0 bridgehead atoms. The molecule has 3 N–H and O–H groups in total. The average molecular weight is 491 g/mol. The van der Waals surface area contributed by atoms with Gasteiger partial charge in [-0.05, 0) is 24.3 Å².